The monoisotopic (exact) mass is 274 g/mol. The molecule has 1 aromatic carbocycles. The SMILES string of the molecule is COc1cc(C)c(C)cc1C(C1CC1)N1CCNCC1. The predicted molar refractivity (Wildman–Crippen MR) is 82.4 cm³/mol. The van der Waals surface area contributed by atoms with Gasteiger partial charge in [-0.3, -0.25) is 4.90 Å². The minimum Gasteiger partial charge on any atom is -0.496 e. The molecule has 3 heteroatoms. The van der Waals surface area contributed by atoms with Gasteiger partial charge in [0, 0.05) is 37.8 Å². The van der Waals surface area contributed by atoms with E-state index in [0.717, 1.165) is 37.8 Å². The molecular formula is C17H26N2O. The third kappa shape index (κ3) is 2.70. The first-order valence-electron chi connectivity index (χ1n) is 7.80. The Bertz CT molecular complexity index is 476. The van der Waals surface area contributed by atoms with Gasteiger partial charge in [-0.1, -0.05) is 6.07 Å². The van der Waals surface area contributed by atoms with Gasteiger partial charge < -0.3 is 10.1 Å². The maximum atomic E-state index is 5.69. The van der Waals surface area contributed by atoms with Gasteiger partial charge in [-0.15, -0.1) is 0 Å². The molecule has 1 aliphatic carbocycles. The first kappa shape index (κ1) is 13.9. The number of ether oxygens (including phenoxy) is 1. The van der Waals surface area contributed by atoms with E-state index in [9.17, 15) is 0 Å². The zero-order valence-electron chi connectivity index (χ0n) is 12.9. The summed E-state index contributed by atoms with van der Waals surface area (Å²) >= 11 is 0. The zero-order valence-corrected chi connectivity index (χ0v) is 12.9. The van der Waals surface area contributed by atoms with Crippen molar-refractivity contribution in [2.45, 2.75) is 32.7 Å². The van der Waals surface area contributed by atoms with Crippen molar-refractivity contribution in [2.75, 3.05) is 33.3 Å². The summed E-state index contributed by atoms with van der Waals surface area (Å²) in [7, 11) is 1.80. The topological polar surface area (TPSA) is 24.5 Å². The van der Waals surface area contributed by atoms with E-state index in [1.54, 1.807) is 7.11 Å². The Morgan fingerprint density at radius 3 is 2.40 bits per heavy atom. The Kier molecular flexibility index (Phi) is 3.99. The maximum absolute atomic E-state index is 5.69. The van der Waals surface area contributed by atoms with E-state index in [2.05, 4.69) is 36.2 Å². The molecule has 0 radical (unpaired) electrons. The second-order valence-corrected chi connectivity index (χ2v) is 6.25. The third-order valence-corrected chi connectivity index (χ3v) is 4.78. The molecule has 1 saturated carbocycles. The highest BCUT2D eigenvalue weighted by molar-refractivity contribution is 5.44. The highest BCUT2D eigenvalue weighted by Gasteiger charge is 2.38. The molecule has 1 aliphatic heterocycles. The van der Waals surface area contributed by atoms with Crippen LogP contribution in [0.3, 0.4) is 0 Å². The summed E-state index contributed by atoms with van der Waals surface area (Å²) in [6.45, 7) is 8.89. The van der Waals surface area contributed by atoms with Crippen molar-refractivity contribution in [1.29, 1.82) is 0 Å². The smallest absolute Gasteiger partial charge is 0.123 e. The fourth-order valence-electron chi connectivity index (χ4n) is 3.34. The molecule has 2 fully saturated rings. The zero-order chi connectivity index (χ0) is 14.1. The summed E-state index contributed by atoms with van der Waals surface area (Å²) in [5.41, 5.74) is 4.10. The summed E-state index contributed by atoms with van der Waals surface area (Å²) in [6.07, 6.45) is 2.73. The van der Waals surface area contributed by atoms with Crippen molar-refractivity contribution in [3.05, 3.63) is 28.8 Å². The minimum absolute atomic E-state index is 0.548. The van der Waals surface area contributed by atoms with Crippen LogP contribution in [0.4, 0.5) is 0 Å². The van der Waals surface area contributed by atoms with Gasteiger partial charge in [-0.25, -0.2) is 0 Å². The summed E-state index contributed by atoms with van der Waals surface area (Å²) in [6, 6.07) is 5.12. The molecule has 3 rings (SSSR count). The molecule has 110 valence electrons. The molecule has 1 heterocycles. The van der Waals surface area contributed by atoms with E-state index in [0.29, 0.717) is 6.04 Å². The standard InChI is InChI=1S/C17H26N2O/c1-12-10-15(16(20-3)11-13(12)2)17(14-4-5-14)19-8-6-18-7-9-19/h10-11,14,17-18H,4-9H2,1-3H3. The van der Waals surface area contributed by atoms with Crippen LogP contribution in [0.1, 0.15) is 35.6 Å². The molecular weight excluding hydrogens is 248 g/mol. The minimum atomic E-state index is 0.548. The lowest BCUT2D eigenvalue weighted by Crippen LogP contribution is -2.45. The molecule has 1 aromatic rings. The highest BCUT2D eigenvalue weighted by Crippen LogP contribution is 2.47. The van der Waals surface area contributed by atoms with Gasteiger partial charge >= 0.3 is 0 Å². The van der Waals surface area contributed by atoms with Crippen LogP contribution in [0.5, 0.6) is 5.75 Å². The number of piperazine rings is 1. The molecule has 1 saturated heterocycles. The van der Waals surface area contributed by atoms with Gasteiger partial charge in [-0.2, -0.15) is 0 Å². The fourth-order valence-corrected chi connectivity index (χ4v) is 3.34. The number of nitrogens with zero attached hydrogens (tertiary/aromatic N) is 1. The van der Waals surface area contributed by atoms with E-state index in [1.165, 1.54) is 29.5 Å². The fraction of sp³-hybridized carbons (Fsp3) is 0.647. The Hall–Kier alpha value is -1.06. The number of methoxy groups -OCH3 is 1. The van der Waals surface area contributed by atoms with Gasteiger partial charge in [0.15, 0.2) is 0 Å². The second kappa shape index (κ2) is 5.74. The molecule has 0 bridgehead atoms. The van der Waals surface area contributed by atoms with Gasteiger partial charge in [0.25, 0.3) is 0 Å². The molecule has 1 N–H and O–H groups in total. The highest BCUT2D eigenvalue weighted by atomic mass is 16.5. The molecule has 20 heavy (non-hydrogen) atoms. The Labute approximate surface area is 122 Å². The number of hydrogen-bond acceptors (Lipinski definition) is 3. The molecule has 0 aromatic heterocycles. The molecule has 0 amide bonds. The van der Waals surface area contributed by atoms with E-state index in [4.69, 9.17) is 4.74 Å². The number of aryl methyl sites for hydroxylation is 2. The summed E-state index contributed by atoms with van der Waals surface area (Å²) < 4.78 is 5.69. The Balaban J connectivity index is 1.96. The van der Waals surface area contributed by atoms with Crippen molar-refractivity contribution >= 4 is 0 Å². The molecule has 1 atom stereocenters. The lowest BCUT2D eigenvalue weighted by molar-refractivity contribution is 0.153. The average molecular weight is 274 g/mol. The van der Waals surface area contributed by atoms with Crippen LogP contribution in [-0.2, 0) is 0 Å². The molecule has 0 spiro atoms. The summed E-state index contributed by atoms with van der Waals surface area (Å²) in [5.74, 6) is 1.90. The van der Waals surface area contributed by atoms with Gasteiger partial charge in [0.05, 0.1) is 7.11 Å². The summed E-state index contributed by atoms with van der Waals surface area (Å²) in [5, 5.41) is 3.46. The summed E-state index contributed by atoms with van der Waals surface area (Å²) in [4.78, 5) is 2.65. The van der Waals surface area contributed by atoms with Crippen LogP contribution in [0.2, 0.25) is 0 Å². The first-order chi connectivity index (χ1) is 9.70. The van der Waals surface area contributed by atoms with E-state index >= 15 is 0 Å². The van der Waals surface area contributed by atoms with Crippen LogP contribution in [0, 0.1) is 19.8 Å². The lowest BCUT2D eigenvalue weighted by atomic mass is 9.95. The van der Waals surface area contributed by atoms with Gasteiger partial charge in [0.2, 0.25) is 0 Å². The van der Waals surface area contributed by atoms with Crippen molar-refractivity contribution in [3.63, 3.8) is 0 Å². The van der Waals surface area contributed by atoms with Crippen molar-refractivity contribution in [3.8, 4) is 5.75 Å². The molecule has 1 unspecified atom stereocenters. The largest absolute Gasteiger partial charge is 0.496 e. The van der Waals surface area contributed by atoms with Crippen LogP contribution < -0.4 is 10.1 Å². The Morgan fingerprint density at radius 1 is 1.15 bits per heavy atom. The number of nitrogens with one attached hydrogen (secondary N) is 1. The second-order valence-electron chi connectivity index (χ2n) is 6.25. The van der Waals surface area contributed by atoms with Gasteiger partial charge in [0.1, 0.15) is 5.75 Å². The van der Waals surface area contributed by atoms with Crippen molar-refractivity contribution < 1.29 is 4.74 Å². The quantitative estimate of drug-likeness (QED) is 0.913. The van der Waals surface area contributed by atoms with E-state index in [-0.39, 0.29) is 0 Å². The van der Waals surface area contributed by atoms with Crippen LogP contribution >= 0.6 is 0 Å². The number of hydrogen-bond donors (Lipinski definition) is 1. The Morgan fingerprint density at radius 2 is 1.80 bits per heavy atom. The number of benzene rings is 1. The van der Waals surface area contributed by atoms with Crippen molar-refractivity contribution in [1.82, 2.24) is 10.2 Å². The van der Waals surface area contributed by atoms with Crippen LogP contribution in [0.25, 0.3) is 0 Å². The molecule has 3 nitrogen and oxygen atoms in total. The number of rotatable bonds is 4. The van der Waals surface area contributed by atoms with E-state index in [1.807, 2.05) is 0 Å². The lowest BCUT2D eigenvalue weighted by Gasteiger charge is -2.36. The van der Waals surface area contributed by atoms with E-state index < -0.39 is 0 Å². The third-order valence-electron chi connectivity index (χ3n) is 4.78. The van der Waals surface area contributed by atoms with Crippen LogP contribution in [-0.4, -0.2) is 38.2 Å². The molecule has 2 aliphatic rings. The van der Waals surface area contributed by atoms with Crippen LogP contribution in [0.15, 0.2) is 12.1 Å². The normalized spacial score (nSPS) is 21.8. The maximum Gasteiger partial charge on any atom is 0.123 e. The van der Waals surface area contributed by atoms with Gasteiger partial charge in [-0.05, 0) is 49.8 Å². The predicted octanol–water partition coefficient (Wildman–Crippen LogP) is 2.67. The van der Waals surface area contributed by atoms with Crippen molar-refractivity contribution in [2.24, 2.45) is 5.92 Å². The average Bonchev–Trinajstić information content (AvgIpc) is 3.28. The first-order valence-corrected chi connectivity index (χ1v) is 7.80.